The largest absolute Gasteiger partial charge is 0.507 e. The fourth-order valence-electron chi connectivity index (χ4n) is 3.32. The van der Waals surface area contributed by atoms with Crippen molar-refractivity contribution in [1.82, 2.24) is 0 Å². The molecule has 2 aromatic carbocycles. The Morgan fingerprint density at radius 2 is 1.70 bits per heavy atom. The zero-order valence-corrected chi connectivity index (χ0v) is 14.3. The number of thiophene rings is 1. The van der Waals surface area contributed by atoms with Crippen molar-refractivity contribution in [3.63, 3.8) is 0 Å². The summed E-state index contributed by atoms with van der Waals surface area (Å²) in [6.07, 6.45) is 4.39. The fraction of sp³-hybridized carbons (Fsp3) is 0.200. The van der Waals surface area contributed by atoms with Gasteiger partial charge in [-0.2, -0.15) is 0 Å². The summed E-state index contributed by atoms with van der Waals surface area (Å²) in [5.41, 5.74) is 5.34. The molecule has 0 saturated heterocycles. The number of hydrogen-bond acceptors (Lipinski definition) is 2. The predicted octanol–water partition coefficient (Wildman–Crippen LogP) is 6.32. The summed E-state index contributed by atoms with van der Waals surface area (Å²) < 4.78 is 0.731. The summed E-state index contributed by atoms with van der Waals surface area (Å²) in [4.78, 5) is 1.13. The summed E-state index contributed by atoms with van der Waals surface area (Å²) in [5.74, 6) is 0.418. The lowest BCUT2D eigenvalue weighted by Gasteiger charge is -2.18. The Morgan fingerprint density at radius 3 is 2.52 bits per heavy atom. The molecule has 0 amide bonds. The second-order valence-corrected chi connectivity index (χ2v) is 7.62. The number of benzene rings is 2. The van der Waals surface area contributed by atoms with E-state index in [-0.39, 0.29) is 0 Å². The van der Waals surface area contributed by atoms with Crippen LogP contribution in [0, 0.1) is 0 Å². The van der Waals surface area contributed by atoms with Gasteiger partial charge in [-0.1, -0.05) is 54.1 Å². The maximum absolute atomic E-state index is 10.7. The number of phenols is 1. The number of phenolic OH excluding ortho intramolecular Hbond substituents is 1. The zero-order chi connectivity index (χ0) is 15.8. The number of rotatable bonds is 2. The third-order valence-electron chi connectivity index (χ3n) is 4.54. The first-order valence-electron chi connectivity index (χ1n) is 7.93. The van der Waals surface area contributed by atoms with Gasteiger partial charge in [-0.05, 0) is 48.4 Å². The smallest absolute Gasteiger partial charge is 0.126 e. The monoisotopic (exact) mass is 340 g/mol. The van der Waals surface area contributed by atoms with Crippen LogP contribution in [0.3, 0.4) is 0 Å². The van der Waals surface area contributed by atoms with E-state index in [4.69, 9.17) is 11.6 Å². The molecule has 0 unspecified atom stereocenters. The van der Waals surface area contributed by atoms with E-state index in [1.165, 1.54) is 12.0 Å². The van der Waals surface area contributed by atoms with E-state index in [2.05, 4.69) is 24.3 Å². The number of hydrogen-bond donors (Lipinski definition) is 1. The molecule has 0 saturated carbocycles. The van der Waals surface area contributed by atoms with Crippen molar-refractivity contribution in [3.05, 3.63) is 64.0 Å². The lowest BCUT2D eigenvalue weighted by Crippen LogP contribution is -2.03. The molecule has 3 heteroatoms. The summed E-state index contributed by atoms with van der Waals surface area (Å²) in [7, 11) is 0. The normalized spacial score (nSPS) is 13.8. The maximum atomic E-state index is 10.7. The minimum absolute atomic E-state index is 0.418. The molecule has 0 bridgehead atoms. The van der Waals surface area contributed by atoms with E-state index in [1.807, 2.05) is 24.3 Å². The highest BCUT2D eigenvalue weighted by Gasteiger charge is 2.19. The van der Waals surface area contributed by atoms with Gasteiger partial charge in [-0.15, -0.1) is 11.3 Å². The quantitative estimate of drug-likeness (QED) is 0.578. The van der Waals surface area contributed by atoms with E-state index in [0.29, 0.717) is 5.75 Å². The highest BCUT2D eigenvalue weighted by molar-refractivity contribution is 7.20. The summed E-state index contributed by atoms with van der Waals surface area (Å²) in [6, 6.07) is 16.5. The Balaban J connectivity index is 1.81. The van der Waals surface area contributed by atoms with Crippen LogP contribution in [0.5, 0.6) is 5.75 Å². The van der Waals surface area contributed by atoms with E-state index < -0.39 is 0 Å². The van der Waals surface area contributed by atoms with Crippen LogP contribution in [0.2, 0.25) is 4.34 Å². The molecule has 23 heavy (non-hydrogen) atoms. The Morgan fingerprint density at radius 1 is 0.913 bits per heavy atom. The van der Waals surface area contributed by atoms with Crippen LogP contribution < -0.4 is 0 Å². The Hall–Kier alpha value is -1.77. The Labute approximate surface area is 145 Å². The van der Waals surface area contributed by atoms with Crippen molar-refractivity contribution < 1.29 is 5.11 Å². The molecule has 0 spiro atoms. The van der Waals surface area contributed by atoms with Gasteiger partial charge in [-0.25, -0.2) is 0 Å². The summed E-state index contributed by atoms with van der Waals surface area (Å²) in [5, 5.41) is 10.7. The van der Waals surface area contributed by atoms with Crippen LogP contribution in [0.4, 0.5) is 0 Å². The average Bonchev–Trinajstić information content (AvgIpc) is 2.98. The Bertz CT molecular complexity index is 852. The average molecular weight is 341 g/mol. The topological polar surface area (TPSA) is 20.2 Å². The SMILES string of the molecule is Oc1c(-c2cc(-c3ccccc3)sc2Cl)ccc2c1CCCC2. The van der Waals surface area contributed by atoms with Crippen LogP contribution in [0.15, 0.2) is 48.5 Å². The van der Waals surface area contributed by atoms with Crippen molar-refractivity contribution in [2.24, 2.45) is 0 Å². The molecule has 1 heterocycles. The maximum Gasteiger partial charge on any atom is 0.126 e. The molecule has 0 radical (unpaired) electrons. The van der Waals surface area contributed by atoms with Crippen molar-refractivity contribution in [1.29, 1.82) is 0 Å². The molecule has 1 nitrogen and oxygen atoms in total. The van der Waals surface area contributed by atoms with Gasteiger partial charge in [0.05, 0.1) is 0 Å². The molecule has 3 aromatic rings. The first-order chi connectivity index (χ1) is 11.2. The second-order valence-electron chi connectivity index (χ2n) is 5.97. The lowest BCUT2D eigenvalue weighted by atomic mass is 9.88. The first kappa shape index (κ1) is 14.8. The lowest BCUT2D eigenvalue weighted by molar-refractivity contribution is 0.464. The second kappa shape index (κ2) is 6.03. The molecule has 1 aromatic heterocycles. The van der Waals surface area contributed by atoms with Crippen molar-refractivity contribution >= 4 is 22.9 Å². The Kier molecular flexibility index (Phi) is 3.88. The van der Waals surface area contributed by atoms with E-state index in [1.54, 1.807) is 11.3 Å². The molecule has 1 aliphatic rings. The minimum Gasteiger partial charge on any atom is -0.507 e. The molecule has 0 fully saturated rings. The van der Waals surface area contributed by atoms with Crippen LogP contribution in [0.1, 0.15) is 24.0 Å². The summed E-state index contributed by atoms with van der Waals surface area (Å²) in [6.45, 7) is 0. The number of aromatic hydroxyl groups is 1. The van der Waals surface area contributed by atoms with Gasteiger partial charge in [0, 0.05) is 16.0 Å². The highest BCUT2D eigenvalue weighted by atomic mass is 35.5. The van der Waals surface area contributed by atoms with Crippen molar-refractivity contribution in [3.8, 4) is 27.3 Å². The van der Waals surface area contributed by atoms with Gasteiger partial charge in [0.15, 0.2) is 0 Å². The van der Waals surface area contributed by atoms with Gasteiger partial charge < -0.3 is 5.11 Å². The highest BCUT2D eigenvalue weighted by Crippen LogP contribution is 2.45. The molecular formula is C20H17ClOS. The van der Waals surface area contributed by atoms with Gasteiger partial charge in [0.25, 0.3) is 0 Å². The van der Waals surface area contributed by atoms with Gasteiger partial charge in [-0.3, -0.25) is 0 Å². The van der Waals surface area contributed by atoms with E-state index >= 15 is 0 Å². The van der Waals surface area contributed by atoms with Crippen molar-refractivity contribution in [2.45, 2.75) is 25.7 Å². The summed E-state index contributed by atoms with van der Waals surface area (Å²) >= 11 is 8.05. The zero-order valence-electron chi connectivity index (χ0n) is 12.7. The molecule has 0 aliphatic heterocycles. The van der Waals surface area contributed by atoms with Gasteiger partial charge in [0.2, 0.25) is 0 Å². The predicted molar refractivity (Wildman–Crippen MR) is 98.5 cm³/mol. The first-order valence-corrected chi connectivity index (χ1v) is 9.12. The molecular weight excluding hydrogens is 324 g/mol. The van der Waals surface area contributed by atoms with Crippen LogP contribution in [-0.4, -0.2) is 5.11 Å². The number of aryl methyl sites for hydroxylation is 1. The van der Waals surface area contributed by atoms with Crippen LogP contribution in [0.25, 0.3) is 21.6 Å². The van der Waals surface area contributed by atoms with Crippen LogP contribution in [-0.2, 0) is 12.8 Å². The molecule has 116 valence electrons. The third-order valence-corrected chi connectivity index (χ3v) is 5.95. The van der Waals surface area contributed by atoms with Gasteiger partial charge >= 0.3 is 0 Å². The minimum atomic E-state index is 0.418. The fourth-order valence-corrected chi connectivity index (χ4v) is 4.63. The molecule has 4 rings (SSSR count). The van der Waals surface area contributed by atoms with Gasteiger partial charge in [0.1, 0.15) is 10.1 Å². The molecule has 0 atom stereocenters. The third kappa shape index (κ3) is 2.66. The standard InChI is InChI=1S/C20H17ClOS/c21-20-17(12-18(23-20)14-7-2-1-3-8-14)16-11-10-13-6-4-5-9-15(13)19(16)22/h1-3,7-8,10-12,22H,4-6,9H2. The number of halogens is 1. The molecule has 1 aliphatic carbocycles. The van der Waals surface area contributed by atoms with E-state index in [0.717, 1.165) is 50.7 Å². The van der Waals surface area contributed by atoms with Crippen molar-refractivity contribution in [2.75, 3.05) is 0 Å². The van der Waals surface area contributed by atoms with Crippen LogP contribution >= 0.6 is 22.9 Å². The van der Waals surface area contributed by atoms with E-state index in [9.17, 15) is 5.11 Å². The molecule has 1 N–H and O–H groups in total. The number of fused-ring (bicyclic) bond motifs is 1.